The lowest BCUT2D eigenvalue weighted by molar-refractivity contribution is -0.138. The number of benzene rings is 3. The molecule has 0 radical (unpaired) electrons. The molecule has 182 valence electrons. The number of hydrogen-bond donors (Lipinski definition) is 2. The van der Waals surface area contributed by atoms with Crippen LogP contribution in [0.15, 0.2) is 77.9 Å². The number of ether oxygens (including phenoxy) is 1. The van der Waals surface area contributed by atoms with Crippen LogP contribution in [0, 0.1) is 3.57 Å². The number of aliphatic imine (C=N–C) groups is 1. The third kappa shape index (κ3) is 5.27. The molecule has 0 unspecified atom stereocenters. The van der Waals surface area contributed by atoms with Crippen LogP contribution in [0.5, 0.6) is 11.5 Å². The summed E-state index contributed by atoms with van der Waals surface area (Å²) in [6.07, 6.45) is -2.86. The minimum absolute atomic E-state index is 0.0603. The number of hydrogen-bond acceptors (Lipinski definition) is 5. The Morgan fingerprint density at radius 3 is 2.56 bits per heavy atom. The van der Waals surface area contributed by atoms with Gasteiger partial charge in [0.05, 0.1) is 12.1 Å². The number of carbonyl (C=O) groups excluding carboxylic acids is 1. The fraction of sp³-hybridized carbons (Fsp3) is 0.115. The van der Waals surface area contributed by atoms with Crippen molar-refractivity contribution in [3.8, 4) is 11.5 Å². The number of alkyl halides is 3. The zero-order valence-electron chi connectivity index (χ0n) is 18.6. The maximum Gasteiger partial charge on any atom is 0.417 e. The standard InChI is InChI=1S/C26H18F3IN4O2/c27-26(28,29)21-13-18(4-6-22(21)30)34-25(35)16-2-1-15-3-5-19(12-17(15)11-16)36-20-7-8-31-23(14-20)24-32-9-10-33-24/h1-8,11-14H,9-10H2,(H,32,33)(H,34,35). The summed E-state index contributed by atoms with van der Waals surface area (Å²) >= 11 is 1.62. The van der Waals surface area contributed by atoms with E-state index in [4.69, 9.17) is 4.74 Å². The highest BCUT2D eigenvalue weighted by molar-refractivity contribution is 14.1. The second-order valence-corrected chi connectivity index (χ2v) is 9.17. The third-order valence-electron chi connectivity index (χ3n) is 5.49. The van der Waals surface area contributed by atoms with E-state index in [0.717, 1.165) is 29.2 Å². The van der Waals surface area contributed by atoms with Crippen LogP contribution in [0.25, 0.3) is 10.8 Å². The largest absolute Gasteiger partial charge is 0.457 e. The smallest absolute Gasteiger partial charge is 0.417 e. The van der Waals surface area contributed by atoms with Crippen LogP contribution in [0.1, 0.15) is 21.6 Å². The number of pyridine rings is 1. The first-order valence-electron chi connectivity index (χ1n) is 10.9. The predicted octanol–water partition coefficient (Wildman–Crippen LogP) is 6.25. The summed E-state index contributed by atoms with van der Waals surface area (Å²) in [6, 6.07) is 17.8. The Morgan fingerprint density at radius 2 is 1.78 bits per heavy atom. The first-order valence-corrected chi connectivity index (χ1v) is 12.0. The maximum atomic E-state index is 13.2. The highest BCUT2D eigenvalue weighted by Crippen LogP contribution is 2.34. The van der Waals surface area contributed by atoms with Gasteiger partial charge in [0.1, 0.15) is 23.0 Å². The summed E-state index contributed by atoms with van der Waals surface area (Å²) in [5.74, 6) is 1.36. The summed E-state index contributed by atoms with van der Waals surface area (Å²) in [4.78, 5) is 21.5. The Morgan fingerprint density at radius 1 is 0.972 bits per heavy atom. The average molecular weight is 602 g/mol. The molecule has 2 heterocycles. The van der Waals surface area contributed by atoms with Crippen LogP contribution in [0.2, 0.25) is 0 Å². The van der Waals surface area contributed by atoms with Gasteiger partial charge in [0, 0.05) is 33.6 Å². The van der Waals surface area contributed by atoms with Gasteiger partial charge in [0.15, 0.2) is 0 Å². The molecule has 0 aliphatic carbocycles. The molecule has 0 atom stereocenters. The van der Waals surface area contributed by atoms with Gasteiger partial charge in [-0.1, -0.05) is 12.1 Å². The van der Waals surface area contributed by atoms with Crippen molar-refractivity contribution in [2.45, 2.75) is 6.18 Å². The monoisotopic (exact) mass is 602 g/mol. The van der Waals surface area contributed by atoms with E-state index in [1.54, 1.807) is 65.2 Å². The van der Waals surface area contributed by atoms with E-state index in [0.29, 0.717) is 29.3 Å². The second-order valence-electron chi connectivity index (χ2n) is 8.01. The van der Waals surface area contributed by atoms with Crippen molar-refractivity contribution >= 4 is 50.8 Å². The van der Waals surface area contributed by atoms with Gasteiger partial charge in [-0.3, -0.25) is 14.8 Å². The number of amidine groups is 1. The first kappa shape index (κ1) is 24.0. The zero-order valence-corrected chi connectivity index (χ0v) is 20.7. The Hall–Kier alpha value is -3.67. The van der Waals surface area contributed by atoms with Crippen molar-refractivity contribution < 1.29 is 22.7 Å². The Balaban J connectivity index is 1.36. The molecule has 1 aliphatic heterocycles. The number of aromatic nitrogens is 1. The summed E-state index contributed by atoms with van der Waals surface area (Å²) < 4.78 is 45.7. The summed E-state index contributed by atoms with van der Waals surface area (Å²) in [5, 5.41) is 7.35. The molecule has 10 heteroatoms. The molecule has 0 bridgehead atoms. The number of carbonyl (C=O) groups is 1. The summed E-state index contributed by atoms with van der Waals surface area (Å²) in [7, 11) is 0. The number of nitrogens with one attached hydrogen (secondary N) is 2. The molecule has 4 aromatic rings. The van der Waals surface area contributed by atoms with E-state index >= 15 is 0 Å². The van der Waals surface area contributed by atoms with Crippen LogP contribution < -0.4 is 15.4 Å². The van der Waals surface area contributed by atoms with Crippen molar-refractivity contribution in [1.29, 1.82) is 0 Å². The average Bonchev–Trinajstić information content (AvgIpc) is 3.39. The molecule has 0 spiro atoms. The Labute approximate surface area is 217 Å². The van der Waals surface area contributed by atoms with E-state index in [-0.39, 0.29) is 9.26 Å². The molecule has 2 N–H and O–H groups in total. The van der Waals surface area contributed by atoms with Gasteiger partial charge in [0.25, 0.3) is 5.91 Å². The number of fused-ring (bicyclic) bond motifs is 1. The number of nitrogens with zero attached hydrogens (tertiary/aromatic N) is 2. The van der Waals surface area contributed by atoms with Gasteiger partial charge in [-0.25, -0.2) is 0 Å². The van der Waals surface area contributed by atoms with Gasteiger partial charge in [0.2, 0.25) is 0 Å². The fourth-order valence-electron chi connectivity index (χ4n) is 3.76. The lowest BCUT2D eigenvalue weighted by Gasteiger charge is -2.12. The highest BCUT2D eigenvalue weighted by atomic mass is 127. The number of rotatable bonds is 5. The quantitative estimate of drug-likeness (QED) is 0.265. The number of anilines is 1. The van der Waals surface area contributed by atoms with Crippen molar-refractivity contribution in [3.05, 3.63) is 93.3 Å². The van der Waals surface area contributed by atoms with Crippen molar-refractivity contribution in [2.24, 2.45) is 4.99 Å². The Kier molecular flexibility index (Phi) is 6.52. The van der Waals surface area contributed by atoms with Gasteiger partial charge >= 0.3 is 6.18 Å². The normalized spacial score (nSPS) is 13.3. The Bertz CT molecular complexity index is 1500. The third-order valence-corrected chi connectivity index (χ3v) is 6.43. The van der Waals surface area contributed by atoms with Crippen LogP contribution in [0.4, 0.5) is 18.9 Å². The van der Waals surface area contributed by atoms with E-state index < -0.39 is 17.6 Å². The molecule has 3 aromatic carbocycles. The van der Waals surface area contributed by atoms with Gasteiger partial charge in [-0.05, 0) is 81.9 Å². The van der Waals surface area contributed by atoms with E-state index in [1.807, 2.05) is 12.1 Å². The molecule has 0 saturated carbocycles. The minimum Gasteiger partial charge on any atom is -0.457 e. The number of amides is 1. The molecular formula is C26H18F3IN4O2. The predicted molar refractivity (Wildman–Crippen MR) is 140 cm³/mol. The molecule has 36 heavy (non-hydrogen) atoms. The summed E-state index contributed by atoms with van der Waals surface area (Å²) in [5.41, 5.74) is 0.272. The molecule has 1 amide bonds. The molecule has 0 saturated heterocycles. The fourth-order valence-corrected chi connectivity index (χ4v) is 4.40. The highest BCUT2D eigenvalue weighted by Gasteiger charge is 2.33. The van der Waals surface area contributed by atoms with Gasteiger partial charge in [-0.2, -0.15) is 13.2 Å². The molecule has 1 aromatic heterocycles. The topological polar surface area (TPSA) is 75.6 Å². The lowest BCUT2D eigenvalue weighted by atomic mass is 10.1. The first-order chi connectivity index (χ1) is 17.3. The van der Waals surface area contributed by atoms with E-state index in [1.165, 1.54) is 12.1 Å². The lowest BCUT2D eigenvalue weighted by Crippen LogP contribution is -2.20. The minimum atomic E-state index is -4.51. The van der Waals surface area contributed by atoms with Crippen molar-refractivity contribution in [3.63, 3.8) is 0 Å². The molecule has 1 aliphatic rings. The second kappa shape index (κ2) is 9.76. The SMILES string of the molecule is O=C(Nc1ccc(I)c(C(F)(F)F)c1)c1ccc2ccc(Oc3ccnc(C4=NCCN4)c3)cc2c1. The maximum absolute atomic E-state index is 13.2. The molecule has 5 rings (SSSR count). The zero-order chi connectivity index (χ0) is 25.3. The van der Waals surface area contributed by atoms with Gasteiger partial charge in [-0.15, -0.1) is 0 Å². The van der Waals surface area contributed by atoms with Crippen molar-refractivity contribution in [2.75, 3.05) is 18.4 Å². The van der Waals surface area contributed by atoms with Crippen LogP contribution >= 0.6 is 22.6 Å². The van der Waals surface area contributed by atoms with E-state index in [2.05, 4.69) is 20.6 Å². The number of halogens is 4. The van der Waals surface area contributed by atoms with Crippen molar-refractivity contribution in [1.82, 2.24) is 10.3 Å². The molecular weight excluding hydrogens is 584 g/mol. The van der Waals surface area contributed by atoms with Crippen LogP contribution in [-0.4, -0.2) is 29.8 Å². The molecule has 0 fully saturated rings. The summed E-state index contributed by atoms with van der Waals surface area (Å²) in [6.45, 7) is 1.48. The molecule has 6 nitrogen and oxygen atoms in total. The van der Waals surface area contributed by atoms with Crippen LogP contribution in [-0.2, 0) is 6.18 Å². The van der Waals surface area contributed by atoms with E-state index in [9.17, 15) is 18.0 Å². The van der Waals surface area contributed by atoms with Gasteiger partial charge < -0.3 is 15.4 Å². The van der Waals surface area contributed by atoms with Crippen LogP contribution in [0.3, 0.4) is 0 Å².